The molecular formula is C9H24N2. The van der Waals surface area contributed by atoms with Crippen molar-refractivity contribution in [3.8, 4) is 0 Å². The van der Waals surface area contributed by atoms with Gasteiger partial charge in [0.25, 0.3) is 0 Å². The van der Waals surface area contributed by atoms with Crippen LogP contribution >= 0.6 is 0 Å². The summed E-state index contributed by atoms with van der Waals surface area (Å²) >= 11 is 0. The van der Waals surface area contributed by atoms with E-state index >= 15 is 0 Å². The lowest BCUT2D eigenvalue weighted by atomic mass is 9.94. The van der Waals surface area contributed by atoms with Crippen molar-refractivity contribution >= 4 is 0 Å². The number of hydrogen-bond donors (Lipinski definition) is 2. The normalized spacial score (nSPS) is 15.0. The summed E-state index contributed by atoms with van der Waals surface area (Å²) in [6.07, 6.45) is 4.23. The zero-order valence-electron chi connectivity index (χ0n) is 8.70. The maximum atomic E-state index is 3.20. The third kappa shape index (κ3) is 9.92. The first kappa shape index (κ1) is 13.5. The maximum absolute atomic E-state index is 3.20. The van der Waals surface area contributed by atoms with Crippen molar-refractivity contribution in [1.29, 1.82) is 0 Å². The molecule has 1 saturated carbocycles. The highest BCUT2D eigenvalue weighted by Gasteiger charge is 2.13. The lowest BCUT2D eigenvalue weighted by Gasteiger charge is -2.23. The molecule has 1 aliphatic rings. The van der Waals surface area contributed by atoms with Crippen LogP contribution in [0.25, 0.3) is 0 Å². The van der Waals surface area contributed by atoms with Crippen molar-refractivity contribution in [1.82, 2.24) is 10.6 Å². The highest BCUT2D eigenvalue weighted by molar-refractivity contribution is 4.73. The van der Waals surface area contributed by atoms with E-state index in [0.29, 0.717) is 0 Å². The van der Waals surface area contributed by atoms with Crippen LogP contribution in [0, 0.1) is 0 Å². The summed E-state index contributed by atoms with van der Waals surface area (Å²) in [5, 5.41) is 5.95. The second-order valence-corrected chi connectivity index (χ2v) is 2.42. The molecule has 0 heterocycles. The minimum absolute atomic E-state index is 0.866. The smallest absolute Gasteiger partial charge is 0.00640 e. The van der Waals surface area contributed by atoms with E-state index in [1.165, 1.54) is 19.3 Å². The fraction of sp³-hybridized carbons (Fsp3) is 1.00. The summed E-state index contributed by atoms with van der Waals surface area (Å²) in [6, 6.07) is 0.866. The second kappa shape index (κ2) is 12.6. The molecule has 2 heteroatoms. The van der Waals surface area contributed by atoms with Gasteiger partial charge in [0.1, 0.15) is 0 Å². The summed E-state index contributed by atoms with van der Waals surface area (Å²) in [7, 11) is 5.78. The van der Waals surface area contributed by atoms with Gasteiger partial charge in [0.05, 0.1) is 0 Å². The standard InChI is InChI=1S/C5H11N.C2H7N.C2H6/c1-6-5-3-2-4-5;1-3-2;1-2/h5-6H,2-4H2,1H3;3H,1-2H3;1-2H3. The zero-order chi connectivity index (χ0) is 9.11. The van der Waals surface area contributed by atoms with E-state index in [0.717, 1.165) is 6.04 Å². The molecule has 0 saturated heterocycles. The van der Waals surface area contributed by atoms with Crippen LogP contribution < -0.4 is 10.6 Å². The third-order valence-corrected chi connectivity index (χ3v) is 1.51. The van der Waals surface area contributed by atoms with Gasteiger partial charge in [0.15, 0.2) is 0 Å². The van der Waals surface area contributed by atoms with Crippen LogP contribution in [0.1, 0.15) is 33.1 Å². The van der Waals surface area contributed by atoms with Gasteiger partial charge in [0, 0.05) is 6.04 Å². The van der Waals surface area contributed by atoms with Crippen LogP contribution in [0.15, 0.2) is 0 Å². The predicted octanol–water partition coefficient (Wildman–Crippen LogP) is 1.62. The van der Waals surface area contributed by atoms with Crippen molar-refractivity contribution in [2.24, 2.45) is 0 Å². The SMILES string of the molecule is CC.CNC.CNC1CCC1. The molecule has 70 valence electrons. The first-order valence-corrected chi connectivity index (χ1v) is 4.61. The lowest BCUT2D eigenvalue weighted by Crippen LogP contribution is -2.31. The Morgan fingerprint density at radius 2 is 1.36 bits per heavy atom. The Bertz CT molecular complexity index is 48.8. The molecule has 2 N–H and O–H groups in total. The molecule has 0 unspecified atom stereocenters. The van der Waals surface area contributed by atoms with E-state index in [4.69, 9.17) is 0 Å². The van der Waals surface area contributed by atoms with Gasteiger partial charge in [-0.15, -0.1) is 0 Å². The van der Waals surface area contributed by atoms with Gasteiger partial charge in [-0.2, -0.15) is 0 Å². The van der Waals surface area contributed by atoms with Gasteiger partial charge in [-0.3, -0.25) is 0 Å². The molecule has 1 rings (SSSR count). The third-order valence-electron chi connectivity index (χ3n) is 1.51. The average Bonchev–Trinajstić information content (AvgIpc) is 1.91. The van der Waals surface area contributed by atoms with Crippen LogP contribution in [0.5, 0.6) is 0 Å². The Kier molecular flexibility index (Phi) is 15.4. The first-order chi connectivity index (χ1) is 5.35. The number of hydrogen-bond acceptors (Lipinski definition) is 2. The van der Waals surface area contributed by atoms with Crippen molar-refractivity contribution in [2.75, 3.05) is 21.1 Å². The summed E-state index contributed by atoms with van der Waals surface area (Å²) in [5.41, 5.74) is 0. The van der Waals surface area contributed by atoms with Gasteiger partial charge in [-0.05, 0) is 34.0 Å². The minimum atomic E-state index is 0.866. The minimum Gasteiger partial charge on any atom is -0.323 e. The molecule has 11 heavy (non-hydrogen) atoms. The average molecular weight is 160 g/mol. The van der Waals surface area contributed by atoms with Crippen molar-refractivity contribution in [3.05, 3.63) is 0 Å². The molecule has 1 fully saturated rings. The van der Waals surface area contributed by atoms with E-state index in [2.05, 4.69) is 10.6 Å². The summed E-state index contributed by atoms with van der Waals surface area (Å²) in [4.78, 5) is 0. The molecule has 0 aromatic heterocycles. The monoisotopic (exact) mass is 160 g/mol. The fourth-order valence-electron chi connectivity index (χ4n) is 0.697. The van der Waals surface area contributed by atoms with E-state index in [1.54, 1.807) is 0 Å². The van der Waals surface area contributed by atoms with Crippen molar-refractivity contribution < 1.29 is 0 Å². The van der Waals surface area contributed by atoms with Crippen LogP contribution in [0.2, 0.25) is 0 Å². The molecule has 0 aromatic rings. The number of rotatable bonds is 1. The van der Waals surface area contributed by atoms with Crippen LogP contribution in [-0.2, 0) is 0 Å². The Morgan fingerprint density at radius 3 is 1.36 bits per heavy atom. The van der Waals surface area contributed by atoms with E-state index < -0.39 is 0 Å². The van der Waals surface area contributed by atoms with Gasteiger partial charge >= 0.3 is 0 Å². The topological polar surface area (TPSA) is 24.1 Å². The first-order valence-electron chi connectivity index (χ1n) is 4.61. The molecular weight excluding hydrogens is 136 g/mol. The van der Waals surface area contributed by atoms with Crippen LogP contribution in [0.4, 0.5) is 0 Å². The van der Waals surface area contributed by atoms with Gasteiger partial charge in [-0.1, -0.05) is 20.3 Å². The Labute approximate surface area is 71.8 Å². The van der Waals surface area contributed by atoms with Crippen molar-refractivity contribution in [2.45, 2.75) is 39.2 Å². The molecule has 1 aliphatic carbocycles. The second-order valence-electron chi connectivity index (χ2n) is 2.42. The summed E-state index contributed by atoms with van der Waals surface area (Å²) in [6.45, 7) is 4.00. The summed E-state index contributed by atoms with van der Waals surface area (Å²) in [5.74, 6) is 0. The fourth-order valence-corrected chi connectivity index (χ4v) is 0.697. The zero-order valence-corrected chi connectivity index (χ0v) is 8.70. The highest BCUT2D eigenvalue weighted by atomic mass is 14.9. The van der Waals surface area contributed by atoms with Crippen molar-refractivity contribution in [3.63, 3.8) is 0 Å². The van der Waals surface area contributed by atoms with Gasteiger partial charge < -0.3 is 10.6 Å². The quantitative estimate of drug-likeness (QED) is 0.609. The molecule has 2 nitrogen and oxygen atoms in total. The highest BCUT2D eigenvalue weighted by Crippen LogP contribution is 2.16. The molecule has 0 atom stereocenters. The van der Waals surface area contributed by atoms with E-state index in [9.17, 15) is 0 Å². The Morgan fingerprint density at radius 1 is 1.00 bits per heavy atom. The van der Waals surface area contributed by atoms with Crippen LogP contribution in [0.3, 0.4) is 0 Å². The largest absolute Gasteiger partial charge is 0.323 e. The van der Waals surface area contributed by atoms with Crippen LogP contribution in [-0.4, -0.2) is 27.2 Å². The Hall–Kier alpha value is -0.0800. The molecule has 0 aliphatic heterocycles. The molecule has 0 bridgehead atoms. The number of nitrogens with one attached hydrogen (secondary N) is 2. The molecule has 0 radical (unpaired) electrons. The van der Waals surface area contributed by atoms with Gasteiger partial charge in [0.2, 0.25) is 0 Å². The molecule has 0 spiro atoms. The predicted molar refractivity (Wildman–Crippen MR) is 53.0 cm³/mol. The van der Waals surface area contributed by atoms with E-state index in [-0.39, 0.29) is 0 Å². The maximum Gasteiger partial charge on any atom is 0.00640 e. The van der Waals surface area contributed by atoms with E-state index in [1.807, 2.05) is 35.0 Å². The lowest BCUT2D eigenvalue weighted by molar-refractivity contribution is 0.361. The molecule has 0 amide bonds. The Balaban J connectivity index is 0. The summed E-state index contributed by atoms with van der Waals surface area (Å²) < 4.78 is 0. The van der Waals surface area contributed by atoms with Gasteiger partial charge in [-0.25, -0.2) is 0 Å². The molecule has 0 aromatic carbocycles.